The number of rotatable bonds is 7. The normalized spacial score (nSPS) is 19.1. The molecule has 3 aromatic rings. The molecule has 1 saturated heterocycles. The number of nitrogens with one attached hydrogen (secondary N) is 1. The third-order valence-corrected chi connectivity index (χ3v) is 7.34. The number of carbonyl (C=O) groups is 2. The molecule has 1 aromatic heterocycles. The molecule has 1 fully saturated rings. The minimum atomic E-state index is -0.728. The number of allylic oxidation sites excluding steroid dienone is 4. The van der Waals surface area contributed by atoms with Crippen molar-refractivity contribution in [1.29, 1.82) is 0 Å². The van der Waals surface area contributed by atoms with Gasteiger partial charge >= 0.3 is 0 Å². The largest absolute Gasteiger partial charge is 0.322 e. The van der Waals surface area contributed by atoms with Crippen LogP contribution in [0.3, 0.4) is 0 Å². The molecule has 192 valence electrons. The molecule has 2 aromatic carbocycles. The summed E-state index contributed by atoms with van der Waals surface area (Å²) in [5.74, 6) is -0.213. The number of Topliss-reactive ketones (excluding diaryl/α,β-unsaturated/α-hetero) is 1. The fourth-order valence-electron chi connectivity index (χ4n) is 5.35. The van der Waals surface area contributed by atoms with Gasteiger partial charge < -0.3 is 5.32 Å². The topological polar surface area (TPSA) is 67.2 Å². The van der Waals surface area contributed by atoms with E-state index in [1.165, 1.54) is 5.56 Å². The minimum Gasteiger partial charge on any atom is -0.322 e. The number of carbonyl (C=O) groups excluding carboxylic acids is 2. The summed E-state index contributed by atoms with van der Waals surface area (Å²) in [5, 5.41) is 7.26. The molecule has 1 amide bonds. The molecule has 7 heteroatoms. The maximum atomic E-state index is 13.6. The molecule has 0 radical (unpaired) electrons. The Kier molecular flexibility index (Phi) is 6.60. The lowest BCUT2D eigenvalue weighted by atomic mass is 9.93. The van der Waals surface area contributed by atoms with Gasteiger partial charge in [0.15, 0.2) is 5.78 Å². The van der Waals surface area contributed by atoms with Gasteiger partial charge in [0.25, 0.3) is 5.91 Å². The third kappa shape index (κ3) is 5.29. The van der Waals surface area contributed by atoms with Gasteiger partial charge in [-0.15, -0.1) is 0 Å². The van der Waals surface area contributed by atoms with Crippen molar-refractivity contribution < 1.29 is 14.0 Å². The van der Waals surface area contributed by atoms with Crippen molar-refractivity contribution in [1.82, 2.24) is 20.0 Å². The fourth-order valence-corrected chi connectivity index (χ4v) is 5.35. The molecule has 0 unspecified atom stereocenters. The van der Waals surface area contributed by atoms with Crippen molar-refractivity contribution in [3.05, 3.63) is 118 Å². The number of benzene rings is 2. The molecule has 3 aliphatic rings. The molecule has 1 aliphatic heterocycles. The van der Waals surface area contributed by atoms with Crippen LogP contribution in [0.15, 0.2) is 89.9 Å². The zero-order chi connectivity index (χ0) is 26.1. The number of alkyl halides is 1. The highest BCUT2D eigenvalue weighted by atomic mass is 19.1. The van der Waals surface area contributed by atoms with E-state index in [0.29, 0.717) is 42.8 Å². The second-order valence-corrected chi connectivity index (χ2v) is 10.2. The van der Waals surface area contributed by atoms with Crippen molar-refractivity contribution in [3.8, 4) is 0 Å². The Bertz CT molecular complexity index is 1480. The van der Waals surface area contributed by atoms with Crippen molar-refractivity contribution in [2.24, 2.45) is 0 Å². The first-order chi connectivity index (χ1) is 18.5. The molecular formula is C31H29FN4O2. The van der Waals surface area contributed by atoms with Crippen molar-refractivity contribution in [2.45, 2.75) is 38.5 Å². The van der Waals surface area contributed by atoms with Crippen LogP contribution in [0.4, 0.5) is 4.39 Å². The van der Waals surface area contributed by atoms with Gasteiger partial charge in [0, 0.05) is 43.5 Å². The Morgan fingerprint density at radius 3 is 2.76 bits per heavy atom. The quantitative estimate of drug-likeness (QED) is 0.506. The Labute approximate surface area is 221 Å². The summed E-state index contributed by atoms with van der Waals surface area (Å²) in [7, 11) is 0. The molecule has 1 N–H and O–H groups in total. The van der Waals surface area contributed by atoms with E-state index in [1.54, 1.807) is 29.2 Å². The second-order valence-electron chi connectivity index (χ2n) is 10.2. The predicted octanol–water partition coefficient (Wildman–Crippen LogP) is 4.63. The van der Waals surface area contributed by atoms with Gasteiger partial charge in [-0.1, -0.05) is 60.7 Å². The van der Waals surface area contributed by atoms with Crippen LogP contribution in [0.2, 0.25) is 0 Å². The maximum absolute atomic E-state index is 13.6. The Morgan fingerprint density at radius 1 is 1.08 bits per heavy atom. The van der Waals surface area contributed by atoms with Crippen LogP contribution in [0.1, 0.15) is 45.5 Å². The molecule has 0 bridgehead atoms. The highest BCUT2D eigenvalue weighted by Crippen LogP contribution is 2.33. The molecule has 0 saturated carbocycles. The number of ketones is 1. The summed E-state index contributed by atoms with van der Waals surface area (Å²) in [6.45, 7) is 2.60. The van der Waals surface area contributed by atoms with Gasteiger partial charge in [0.1, 0.15) is 6.17 Å². The zero-order valence-electron chi connectivity index (χ0n) is 21.1. The van der Waals surface area contributed by atoms with Crippen LogP contribution >= 0.6 is 0 Å². The van der Waals surface area contributed by atoms with Crippen LogP contribution in [-0.4, -0.2) is 45.6 Å². The maximum Gasteiger partial charge on any atom is 0.258 e. The first-order valence-electron chi connectivity index (χ1n) is 13.0. The number of fused-ring (bicyclic) bond motifs is 1. The highest BCUT2D eigenvalue weighted by Gasteiger charge is 2.25. The number of aromatic nitrogens is 2. The average molecular weight is 509 g/mol. The van der Waals surface area contributed by atoms with E-state index < -0.39 is 6.17 Å². The van der Waals surface area contributed by atoms with Crippen LogP contribution < -0.4 is 5.32 Å². The highest BCUT2D eigenvalue weighted by molar-refractivity contribution is 6.04. The van der Waals surface area contributed by atoms with Crippen molar-refractivity contribution in [3.63, 3.8) is 0 Å². The summed E-state index contributed by atoms with van der Waals surface area (Å²) in [5.41, 5.74) is 7.22. The van der Waals surface area contributed by atoms with Gasteiger partial charge in [-0.05, 0) is 46.7 Å². The van der Waals surface area contributed by atoms with Gasteiger partial charge in [0.05, 0.1) is 18.3 Å². The SMILES string of the molecule is O=C1CC=C(NC(=O)c2cnn(Cc3ccccc3)c2)C=C1C1=Cc2cc(CN3CC[C@H](F)C3)ccc2C1. The first-order valence-corrected chi connectivity index (χ1v) is 13.0. The summed E-state index contributed by atoms with van der Waals surface area (Å²) in [6, 6.07) is 16.3. The van der Waals surface area contributed by atoms with Crippen molar-refractivity contribution >= 4 is 17.8 Å². The molecule has 2 heterocycles. The number of likely N-dealkylation sites (tertiary alicyclic amines) is 1. The Hall–Kier alpha value is -4.10. The smallest absolute Gasteiger partial charge is 0.258 e. The monoisotopic (exact) mass is 508 g/mol. The van der Waals surface area contributed by atoms with E-state index in [-0.39, 0.29) is 18.1 Å². The average Bonchev–Trinajstić information content (AvgIpc) is 3.65. The lowest BCUT2D eigenvalue weighted by Gasteiger charge is -2.15. The molecule has 0 spiro atoms. The summed E-state index contributed by atoms with van der Waals surface area (Å²) in [4.78, 5) is 27.9. The number of hydrogen-bond acceptors (Lipinski definition) is 4. The number of hydrogen-bond donors (Lipinski definition) is 1. The van der Waals surface area contributed by atoms with E-state index in [4.69, 9.17) is 0 Å². The molecular weight excluding hydrogens is 479 g/mol. The lowest BCUT2D eigenvalue weighted by molar-refractivity contribution is -0.114. The van der Waals surface area contributed by atoms with Gasteiger partial charge in [0.2, 0.25) is 0 Å². The Balaban J connectivity index is 1.13. The fraction of sp³-hybridized carbons (Fsp3) is 0.258. The second kappa shape index (κ2) is 10.3. The number of amides is 1. The molecule has 6 nitrogen and oxygen atoms in total. The first kappa shape index (κ1) is 24.2. The van der Waals surface area contributed by atoms with Crippen LogP contribution in [0.5, 0.6) is 0 Å². The van der Waals surface area contributed by atoms with E-state index in [1.807, 2.05) is 30.3 Å². The molecule has 6 rings (SSSR count). The Morgan fingerprint density at radius 2 is 1.95 bits per heavy atom. The summed E-state index contributed by atoms with van der Waals surface area (Å²) >= 11 is 0. The van der Waals surface area contributed by atoms with Crippen LogP contribution in [0.25, 0.3) is 6.08 Å². The van der Waals surface area contributed by atoms with Crippen molar-refractivity contribution in [2.75, 3.05) is 13.1 Å². The third-order valence-electron chi connectivity index (χ3n) is 7.34. The van der Waals surface area contributed by atoms with Gasteiger partial charge in [-0.2, -0.15) is 5.10 Å². The summed E-state index contributed by atoms with van der Waals surface area (Å²) in [6.07, 6.45) is 9.69. The van der Waals surface area contributed by atoms with E-state index in [0.717, 1.165) is 35.4 Å². The molecule has 1 atom stereocenters. The zero-order valence-corrected chi connectivity index (χ0v) is 21.1. The minimum absolute atomic E-state index is 0.0454. The predicted molar refractivity (Wildman–Crippen MR) is 144 cm³/mol. The van der Waals surface area contributed by atoms with Crippen LogP contribution in [0, 0.1) is 0 Å². The number of nitrogens with zero attached hydrogens (tertiary/aromatic N) is 3. The van der Waals surface area contributed by atoms with Gasteiger partial charge in [-0.3, -0.25) is 19.2 Å². The molecule has 2 aliphatic carbocycles. The van der Waals surface area contributed by atoms with Gasteiger partial charge in [-0.25, -0.2) is 4.39 Å². The van der Waals surface area contributed by atoms with E-state index >= 15 is 0 Å². The van der Waals surface area contributed by atoms with E-state index in [2.05, 4.69) is 39.6 Å². The summed E-state index contributed by atoms with van der Waals surface area (Å²) < 4.78 is 15.3. The molecule has 38 heavy (non-hydrogen) atoms. The van der Waals surface area contributed by atoms with E-state index in [9.17, 15) is 14.0 Å². The van der Waals surface area contributed by atoms with Crippen LogP contribution in [-0.2, 0) is 24.3 Å². The standard InChI is InChI=1S/C31H29FN4O2/c32-27-10-11-35(20-27)17-22-6-7-23-13-25(14-24(23)12-22)29-15-28(8-9-30(29)37)34-31(38)26-16-33-36(19-26)18-21-4-2-1-3-5-21/h1-8,12,14-16,19,27H,9-11,13,17-18,20H2,(H,34,38)/t27-/m0/s1. The number of halogens is 1. The lowest BCUT2D eigenvalue weighted by Crippen LogP contribution is -2.24.